The molecule has 0 spiro atoms. The number of hydrogen-bond acceptors (Lipinski definition) is 6. The summed E-state index contributed by atoms with van der Waals surface area (Å²) in [5, 5.41) is 6.20. The highest BCUT2D eigenvalue weighted by molar-refractivity contribution is 8.01. The highest BCUT2D eigenvalue weighted by Gasteiger charge is 2.48. The number of rotatable bonds is 6. The topological polar surface area (TPSA) is 62.3 Å². The molecule has 0 radical (unpaired) electrons. The lowest BCUT2D eigenvalue weighted by Gasteiger charge is -2.39. The molecular weight excluding hydrogens is 567 g/mol. The first-order chi connectivity index (χ1) is 18.6. The first-order valence-corrected chi connectivity index (χ1v) is 14.0. The van der Waals surface area contributed by atoms with Crippen molar-refractivity contribution >= 4 is 57.9 Å². The number of hydrogen-bond donors (Lipinski definition) is 1. The summed E-state index contributed by atoms with van der Waals surface area (Å²) in [6, 6.07) is 18.8. The standard InChI is InChI=1S/C28H21ClF3N3O2S2/c1-35(19-7-4-6-17(14-19)28(30,31)32)24-11-5-10-23(33-24)27(18-12-13-38-16-18)15-21(36)25(26(37)34-27)39-22-9-3-2-8-20(22)29/h2-14,16,25H,15H2,1H3,(H,34,37). The van der Waals surface area contributed by atoms with Gasteiger partial charge in [-0.05, 0) is 64.9 Å². The van der Waals surface area contributed by atoms with E-state index in [2.05, 4.69) is 5.32 Å². The summed E-state index contributed by atoms with van der Waals surface area (Å²) in [5.41, 5.74) is -0.623. The van der Waals surface area contributed by atoms with E-state index in [1.54, 1.807) is 55.6 Å². The first-order valence-electron chi connectivity index (χ1n) is 11.8. The van der Waals surface area contributed by atoms with Crippen LogP contribution in [0.1, 0.15) is 23.2 Å². The van der Waals surface area contributed by atoms with Gasteiger partial charge in [-0.3, -0.25) is 9.59 Å². The van der Waals surface area contributed by atoms with Crippen molar-refractivity contribution in [3.63, 3.8) is 0 Å². The molecule has 0 bridgehead atoms. The van der Waals surface area contributed by atoms with E-state index in [0.717, 1.165) is 23.9 Å². The van der Waals surface area contributed by atoms with Crippen molar-refractivity contribution < 1.29 is 22.8 Å². The molecule has 2 aromatic carbocycles. The number of thiophene rings is 1. The Labute approximate surface area is 236 Å². The molecule has 200 valence electrons. The van der Waals surface area contributed by atoms with Gasteiger partial charge in [0, 0.05) is 24.1 Å². The predicted octanol–water partition coefficient (Wildman–Crippen LogP) is 7.08. The number of nitrogens with one attached hydrogen (secondary N) is 1. The van der Waals surface area contributed by atoms with E-state index in [0.29, 0.717) is 32.7 Å². The Morgan fingerprint density at radius 1 is 1.08 bits per heavy atom. The average molecular weight is 588 g/mol. The van der Waals surface area contributed by atoms with Gasteiger partial charge < -0.3 is 10.2 Å². The Kier molecular flexibility index (Phi) is 7.45. The fraction of sp³-hybridized carbons (Fsp3) is 0.179. The molecule has 2 unspecified atom stereocenters. The second-order valence-electron chi connectivity index (χ2n) is 8.97. The van der Waals surface area contributed by atoms with Crippen molar-refractivity contribution in [3.05, 3.63) is 105 Å². The summed E-state index contributed by atoms with van der Waals surface area (Å²) in [7, 11) is 1.61. The smallest absolute Gasteiger partial charge is 0.339 e. The Morgan fingerprint density at radius 3 is 2.54 bits per heavy atom. The quantitative estimate of drug-likeness (QED) is 0.244. The second kappa shape index (κ2) is 10.7. The van der Waals surface area contributed by atoms with Crippen LogP contribution in [-0.4, -0.2) is 29.0 Å². The Hall–Kier alpha value is -3.34. The maximum Gasteiger partial charge on any atom is 0.416 e. The number of carbonyl (C=O) groups excluding carboxylic acids is 2. The molecule has 2 atom stereocenters. The van der Waals surface area contributed by atoms with Crippen molar-refractivity contribution in [3.8, 4) is 0 Å². The zero-order valence-electron chi connectivity index (χ0n) is 20.4. The van der Waals surface area contributed by atoms with Crippen LogP contribution in [0.4, 0.5) is 24.7 Å². The lowest BCUT2D eigenvalue weighted by atomic mass is 9.79. The van der Waals surface area contributed by atoms with Crippen molar-refractivity contribution in [2.75, 3.05) is 11.9 Å². The van der Waals surface area contributed by atoms with Crippen LogP contribution in [0, 0.1) is 0 Å². The zero-order chi connectivity index (χ0) is 27.8. The van der Waals surface area contributed by atoms with E-state index in [4.69, 9.17) is 16.6 Å². The largest absolute Gasteiger partial charge is 0.416 e. The van der Waals surface area contributed by atoms with E-state index in [-0.39, 0.29) is 12.2 Å². The van der Waals surface area contributed by atoms with Gasteiger partial charge in [0.2, 0.25) is 5.91 Å². The third-order valence-corrected chi connectivity index (χ3v) is 8.93. The third-order valence-electron chi connectivity index (χ3n) is 6.48. The Bertz CT molecular complexity index is 1510. The van der Waals surface area contributed by atoms with E-state index >= 15 is 0 Å². The number of alkyl halides is 3. The van der Waals surface area contributed by atoms with Crippen molar-refractivity contribution in [1.29, 1.82) is 0 Å². The maximum atomic E-state index is 13.5. The first kappa shape index (κ1) is 27.2. The lowest BCUT2D eigenvalue weighted by Crippen LogP contribution is -2.58. The van der Waals surface area contributed by atoms with Gasteiger partial charge in [0.15, 0.2) is 5.78 Å². The number of carbonyl (C=O) groups is 2. The molecule has 5 rings (SSSR count). The Morgan fingerprint density at radius 2 is 1.85 bits per heavy atom. The minimum Gasteiger partial charge on any atom is -0.339 e. The minimum atomic E-state index is -4.49. The summed E-state index contributed by atoms with van der Waals surface area (Å²) in [6.45, 7) is 0. The van der Waals surface area contributed by atoms with E-state index in [9.17, 15) is 22.8 Å². The van der Waals surface area contributed by atoms with Crippen molar-refractivity contribution in [2.45, 2.75) is 28.3 Å². The second-order valence-corrected chi connectivity index (χ2v) is 11.3. The number of piperidine rings is 1. The van der Waals surface area contributed by atoms with Crippen LogP contribution in [0.2, 0.25) is 5.02 Å². The minimum absolute atomic E-state index is 0.0542. The summed E-state index contributed by atoms with van der Waals surface area (Å²) >= 11 is 8.78. The number of benzene rings is 2. The van der Waals surface area contributed by atoms with Crippen molar-refractivity contribution in [2.24, 2.45) is 0 Å². The number of Topliss-reactive ketones (excluding diaryl/α,β-unsaturated/α-hetero) is 1. The fourth-order valence-corrected chi connectivity index (χ4v) is 6.43. The SMILES string of the molecule is CN(c1cccc(C(F)(F)F)c1)c1cccc(C2(c3ccsc3)CC(=O)C(Sc3ccccc3Cl)C(=O)N2)n1. The van der Waals surface area contributed by atoms with Gasteiger partial charge in [0.05, 0.1) is 16.3 Å². The molecule has 11 heteroatoms. The molecule has 1 aliphatic rings. The lowest BCUT2D eigenvalue weighted by molar-refractivity contribution is -0.137. The number of thioether (sulfide) groups is 1. The van der Waals surface area contributed by atoms with Crippen LogP contribution in [-0.2, 0) is 21.3 Å². The van der Waals surface area contributed by atoms with Gasteiger partial charge >= 0.3 is 6.18 Å². The molecule has 1 aliphatic heterocycles. The van der Waals surface area contributed by atoms with Gasteiger partial charge in [-0.2, -0.15) is 24.5 Å². The molecule has 39 heavy (non-hydrogen) atoms. The van der Waals surface area contributed by atoms with Crippen LogP contribution in [0.25, 0.3) is 0 Å². The summed E-state index contributed by atoms with van der Waals surface area (Å²) < 4.78 is 39.9. The fourth-order valence-electron chi connectivity index (χ4n) is 4.46. The molecule has 0 saturated carbocycles. The monoisotopic (exact) mass is 587 g/mol. The van der Waals surface area contributed by atoms with Crippen LogP contribution >= 0.6 is 34.7 Å². The van der Waals surface area contributed by atoms with Gasteiger partial charge in [0.25, 0.3) is 0 Å². The predicted molar refractivity (Wildman–Crippen MR) is 148 cm³/mol. The van der Waals surface area contributed by atoms with E-state index in [1.807, 2.05) is 16.8 Å². The molecule has 1 N–H and O–H groups in total. The maximum absolute atomic E-state index is 13.5. The molecule has 1 saturated heterocycles. The summed E-state index contributed by atoms with van der Waals surface area (Å²) in [6.07, 6.45) is -4.54. The van der Waals surface area contributed by atoms with Crippen LogP contribution in [0.15, 0.2) is 88.5 Å². The molecule has 0 aliphatic carbocycles. The number of pyridine rings is 1. The van der Waals surface area contributed by atoms with Crippen LogP contribution in [0.3, 0.4) is 0 Å². The van der Waals surface area contributed by atoms with Crippen molar-refractivity contribution in [1.82, 2.24) is 10.3 Å². The number of aromatic nitrogens is 1. The number of anilines is 2. The van der Waals surface area contributed by atoms with E-state index < -0.39 is 28.4 Å². The average Bonchev–Trinajstić information content (AvgIpc) is 3.47. The highest BCUT2D eigenvalue weighted by atomic mass is 35.5. The number of amides is 1. The molecule has 3 heterocycles. The molecule has 1 amide bonds. The van der Waals surface area contributed by atoms with Crippen LogP contribution < -0.4 is 10.2 Å². The number of nitrogens with zero attached hydrogens (tertiary/aromatic N) is 2. The molecule has 4 aromatic rings. The number of halogens is 4. The van der Waals surface area contributed by atoms with Gasteiger partial charge in [-0.25, -0.2) is 4.98 Å². The summed E-state index contributed by atoms with van der Waals surface area (Å²) in [4.78, 5) is 33.8. The molecule has 2 aromatic heterocycles. The van der Waals surface area contributed by atoms with E-state index in [1.165, 1.54) is 22.3 Å². The van der Waals surface area contributed by atoms with Gasteiger partial charge in [-0.15, -0.1) is 11.8 Å². The molecule has 1 fully saturated rings. The third kappa shape index (κ3) is 5.41. The highest BCUT2D eigenvalue weighted by Crippen LogP contribution is 2.41. The number of ketones is 1. The van der Waals surface area contributed by atoms with Gasteiger partial charge in [-0.1, -0.05) is 35.9 Å². The summed E-state index contributed by atoms with van der Waals surface area (Å²) in [5.74, 6) is -0.398. The zero-order valence-corrected chi connectivity index (χ0v) is 22.8. The molecular formula is C28H21ClF3N3O2S2. The Balaban J connectivity index is 1.50. The van der Waals surface area contributed by atoms with Gasteiger partial charge in [0.1, 0.15) is 16.6 Å². The molecule has 5 nitrogen and oxygen atoms in total. The normalized spacial score (nSPS) is 19.6. The van der Waals surface area contributed by atoms with Crippen LogP contribution in [0.5, 0.6) is 0 Å².